The molecular weight excluding hydrogens is 276 g/mol. The number of carbonyl (C=O) groups excluding carboxylic acids is 1. The Hall–Kier alpha value is -1.39. The van der Waals surface area contributed by atoms with E-state index in [-0.39, 0.29) is 18.1 Å². The molecule has 4 nitrogen and oxygen atoms in total. The second kappa shape index (κ2) is 6.80. The molecule has 1 aromatic carbocycles. The van der Waals surface area contributed by atoms with Crippen LogP contribution in [0.3, 0.4) is 0 Å². The van der Waals surface area contributed by atoms with Crippen molar-refractivity contribution in [3.05, 3.63) is 35.9 Å². The summed E-state index contributed by atoms with van der Waals surface area (Å²) >= 11 is 0. The molecule has 2 aliphatic rings. The third-order valence-electron chi connectivity index (χ3n) is 4.91. The van der Waals surface area contributed by atoms with Gasteiger partial charge in [0.25, 0.3) is 5.91 Å². The van der Waals surface area contributed by atoms with E-state index in [1.807, 2.05) is 0 Å². The summed E-state index contributed by atoms with van der Waals surface area (Å²) in [6, 6.07) is 10.6. The summed E-state index contributed by atoms with van der Waals surface area (Å²) in [5.74, 6) is 0.673. The van der Waals surface area contributed by atoms with Crippen LogP contribution in [0.25, 0.3) is 0 Å². The zero-order chi connectivity index (χ0) is 15.5. The number of rotatable bonds is 4. The summed E-state index contributed by atoms with van der Waals surface area (Å²) in [5, 5.41) is 0. The second-order valence-corrected chi connectivity index (χ2v) is 6.72. The Bertz CT molecular complexity index is 503. The van der Waals surface area contributed by atoms with Crippen LogP contribution in [0, 0.1) is 5.92 Å². The molecule has 2 heterocycles. The van der Waals surface area contributed by atoms with Crippen LogP contribution in [0.5, 0.6) is 0 Å². The Morgan fingerprint density at radius 1 is 1.32 bits per heavy atom. The van der Waals surface area contributed by atoms with Crippen molar-refractivity contribution in [3.8, 4) is 0 Å². The van der Waals surface area contributed by atoms with Gasteiger partial charge in [-0.1, -0.05) is 30.3 Å². The summed E-state index contributed by atoms with van der Waals surface area (Å²) in [7, 11) is 3.61. The van der Waals surface area contributed by atoms with Gasteiger partial charge in [0.2, 0.25) is 0 Å². The van der Waals surface area contributed by atoms with E-state index in [9.17, 15) is 4.79 Å². The Kier molecular flexibility index (Phi) is 4.79. The number of piperidine rings is 1. The lowest BCUT2D eigenvalue weighted by Gasteiger charge is -2.34. The van der Waals surface area contributed by atoms with Crippen molar-refractivity contribution < 1.29 is 9.53 Å². The monoisotopic (exact) mass is 302 g/mol. The van der Waals surface area contributed by atoms with Crippen LogP contribution >= 0.6 is 0 Å². The molecule has 2 aliphatic heterocycles. The van der Waals surface area contributed by atoms with Crippen molar-refractivity contribution in [3.63, 3.8) is 0 Å². The number of amides is 1. The van der Waals surface area contributed by atoms with Crippen LogP contribution in [0.15, 0.2) is 30.3 Å². The number of nitrogens with zero attached hydrogens (tertiary/aromatic N) is 2. The molecule has 0 aromatic heterocycles. The maximum atomic E-state index is 12.1. The fourth-order valence-corrected chi connectivity index (χ4v) is 3.58. The molecule has 3 atom stereocenters. The van der Waals surface area contributed by atoms with Crippen LogP contribution in [0.2, 0.25) is 0 Å². The highest BCUT2D eigenvalue weighted by atomic mass is 16.5. The molecule has 0 unspecified atom stereocenters. The molecular formula is C18H26N2O2. The summed E-state index contributed by atoms with van der Waals surface area (Å²) in [6.07, 6.45) is 3.14. The smallest absolute Gasteiger partial charge is 0.251 e. The summed E-state index contributed by atoms with van der Waals surface area (Å²) in [6.45, 7) is 3.16. The van der Waals surface area contributed by atoms with Gasteiger partial charge in [0, 0.05) is 27.2 Å². The molecule has 0 saturated carbocycles. The summed E-state index contributed by atoms with van der Waals surface area (Å²) < 4.78 is 6.04. The van der Waals surface area contributed by atoms with Gasteiger partial charge in [0.1, 0.15) is 6.10 Å². The molecule has 120 valence electrons. The number of likely N-dealkylation sites (N-methyl/N-ethyl adjacent to an activating group) is 1. The van der Waals surface area contributed by atoms with E-state index < -0.39 is 0 Å². The topological polar surface area (TPSA) is 32.8 Å². The van der Waals surface area contributed by atoms with E-state index in [1.54, 1.807) is 19.0 Å². The number of carbonyl (C=O) groups is 1. The van der Waals surface area contributed by atoms with Gasteiger partial charge in [0.15, 0.2) is 0 Å². The Balaban J connectivity index is 1.50. The second-order valence-electron chi connectivity index (χ2n) is 6.72. The Labute approximate surface area is 133 Å². The van der Waals surface area contributed by atoms with Crippen molar-refractivity contribution >= 4 is 5.91 Å². The van der Waals surface area contributed by atoms with Crippen LogP contribution in [-0.2, 0) is 16.0 Å². The van der Waals surface area contributed by atoms with Crippen LogP contribution in [0.4, 0.5) is 0 Å². The predicted molar refractivity (Wildman–Crippen MR) is 86.7 cm³/mol. The lowest BCUT2D eigenvalue weighted by molar-refractivity contribution is -0.141. The molecule has 3 rings (SSSR count). The molecule has 0 bridgehead atoms. The fraction of sp³-hybridized carbons (Fsp3) is 0.611. The zero-order valence-electron chi connectivity index (χ0n) is 13.6. The minimum Gasteiger partial charge on any atom is -0.364 e. The van der Waals surface area contributed by atoms with E-state index in [2.05, 4.69) is 35.2 Å². The average molecular weight is 302 g/mol. The number of benzene rings is 1. The number of ether oxygens (including phenoxy) is 1. The summed E-state index contributed by atoms with van der Waals surface area (Å²) in [5.41, 5.74) is 1.39. The van der Waals surface area contributed by atoms with Crippen LogP contribution < -0.4 is 0 Å². The first kappa shape index (κ1) is 15.5. The normalized spacial score (nSPS) is 28.4. The van der Waals surface area contributed by atoms with Crippen molar-refractivity contribution in [2.45, 2.75) is 31.5 Å². The third-order valence-corrected chi connectivity index (χ3v) is 4.91. The van der Waals surface area contributed by atoms with Gasteiger partial charge in [-0.05, 0) is 37.3 Å². The lowest BCUT2D eigenvalue weighted by Crippen LogP contribution is -2.43. The number of hydrogen-bond donors (Lipinski definition) is 0. The quantitative estimate of drug-likeness (QED) is 0.850. The first-order valence-electron chi connectivity index (χ1n) is 8.26. The number of hydrogen-bond acceptors (Lipinski definition) is 3. The SMILES string of the molecule is CN(C)C(=O)[C@H]1C[C@@H]2CCN(CCc3ccccc3)C[C@H]2O1. The van der Waals surface area contributed by atoms with Crippen molar-refractivity contribution in [1.29, 1.82) is 0 Å². The molecule has 0 aliphatic carbocycles. The maximum absolute atomic E-state index is 12.1. The van der Waals surface area contributed by atoms with Crippen molar-refractivity contribution in [2.75, 3.05) is 33.7 Å². The Morgan fingerprint density at radius 3 is 2.82 bits per heavy atom. The first-order valence-corrected chi connectivity index (χ1v) is 8.26. The highest BCUT2D eigenvalue weighted by molar-refractivity contribution is 5.80. The van der Waals surface area contributed by atoms with E-state index in [0.29, 0.717) is 5.92 Å². The molecule has 2 fully saturated rings. The van der Waals surface area contributed by atoms with E-state index in [1.165, 1.54) is 5.56 Å². The van der Waals surface area contributed by atoms with Crippen molar-refractivity contribution in [1.82, 2.24) is 9.80 Å². The first-order chi connectivity index (χ1) is 10.6. The van der Waals surface area contributed by atoms with Gasteiger partial charge in [-0.2, -0.15) is 0 Å². The zero-order valence-corrected chi connectivity index (χ0v) is 13.6. The molecule has 1 amide bonds. The van der Waals surface area contributed by atoms with Gasteiger partial charge in [-0.3, -0.25) is 4.79 Å². The van der Waals surface area contributed by atoms with E-state index in [0.717, 1.165) is 38.9 Å². The predicted octanol–water partition coefficient (Wildman–Crippen LogP) is 1.80. The van der Waals surface area contributed by atoms with Crippen LogP contribution in [0.1, 0.15) is 18.4 Å². The third kappa shape index (κ3) is 3.50. The molecule has 2 saturated heterocycles. The summed E-state index contributed by atoms with van der Waals surface area (Å²) in [4.78, 5) is 16.2. The number of likely N-dealkylation sites (tertiary alicyclic amines) is 1. The molecule has 22 heavy (non-hydrogen) atoms. The molecule has 0 radical (unpaired) electrons. The standard InChI is InChI=1S/C18H26N2O2/c1-19(2)18(21)16-12-15-9-11-20(13-17(15)22-16)10-8-14-6-4-3-5-7-14/h3-7,15-17H,8-13H2,1-2H3/t15-,16+,17+/m0/s1. The number of fused-ring (bicyclic) bond motifs is 1. The molecule has 4 heteroatoms. The fourth-order valence-electron chi connectivity index (χ4n) is 3.58. The minimum absolute atomic E-state index is 0.116. The van der Waals surface area contributed by atoms with Gasteiger partial charge < -0.3 is 14.5 Å². The highest BCUT2D eigenvalue weighted by Crippen LogP contribution is 2.33. The lowest BCUT2D eigenvalue weighted by atomic mass is 9.91. The van der Waals surface area contributed by atoms with Gasteiger partial charge in [-0.25, -0.2) is 0 Å². The van der Waals surface area contributed by atoms with E-state index in [4.69, 9.17) is 4.74 Å². The molecule has 0 spiro atoms. The van der Waals surface area contributed by atoms with Gasteiger partial charge in [0.05, 0.1) is 6.10 Å². The average Bonchev–Trinajstić information content (AvgIpc) is 2.96. The molecule has 1 aromatic rings. The van der Waals surface area contributed by atoms with Crippen LogP contribution in [-0.4, -0.2) is 61.6 Å². The largest absolute Gasteiger partial charge is 0.364 e. The van der Waals surface area contributed by atoms with Gasteiger partial charge >= 0.3 is 0 Å². The van der Waals surface area contributed by atoms with E-state index >= 15 is 0 Å². The maximum Gasteiger partial charge on any atom is 0.251 e. The highest BCUT2D eigenvalue weighted by Gasteiger charge is 2.42. The molecule has 0 N–H and O–H groups in total. The van der Waals surface area contributed by atoms with Crippen molar-refractivity contribution in [2.24, 2.45) is 5.92 Å². The Morgan fingerprint density at radius 2 is 2.09 bits per heavy atom. The van der Waals surface area contributed by atoms with Gasteiger partial charge in [-0.15, -0.1) is 0 Å². The minimum atomic E-state index is -0.223.